The molecule has 0 spiro atoms. The topological polar surface area (TPSA) is 56.5 Å². The monoisotopic (exact) mass is 539 g/mol. The molecular weight excluding hydrogens is 514 g/mol. The number of rotatable bonds is 6. The van der Waals surface area contributed by atoms with Crippen molar-refractivity contribution in [3.8, 4) is 5.75 Å². The van der Waals surface area contributed by atoms with Gasteiger partial charge in [-0.2, -0.15) is 9.78 Å². The van der Waals surface area contributed by atoms with Gasteiger partial charge in [0.2, 0.25) is 0 Å². The smallest absolute Gasteiger partial charge is 0.282 e. The van der Waals surface area contributed by atoms with Gasteiger partial charge in [-0.3, -0.25) is 4.79 Å². The molecule has 0 atom stereocenters. The normalized spacial score (nSPS) is 11.7. The molecule has 1 aromatic heterocycles. The third-order valence-corrected chi connectivity index (χ3v) is 6.55. The zero-order chi connectivity index (χ0) is 25.2. The van der Waals surface area contributed by atoms with E-state index in [2.05, 4.69) is 52.2 Å². The molecule has 180 valence electrons. The third kappa shape index (κ3) is 4.82. The van der Waals surface area contributed by atoms with E-state index in [0.717, 1.165) is 26.4 Å². The van der Waals surface area contributed by atoms with Gasteiger partial charge in [-0.15, -0.1) is 0 Å². The van der Waals surface area contributed by atoms with Crippen molar-refractivity contribution in [3.63, 3.8) is 0 Å². The molecule has 0 fully saturated rings. The van der Waals surface area contributed by atoms with Crippen LogP contribution in [0.15, 0.2) is 93.2 Å². The molecule has 5 rings (SSSR count). The number of halogens is 1. The fraction of sp³-hybridized carbons (Fsp3) is 0.167. The molecule has 0 N–H and O–H groups in total. The van der Waals surface area contributed by atoms with Crippen LogP contribution in [0.1, 0.15) is 42.3 Å². The maximum atomic E-state index is 13.5. The van der Waals surface area contributed by atoms with Crippen molar-refractivity contribution in [2.45, 2.75) is 33.3 Å². The highest BCUT2D eigenvalue weighted by atomic mass is 79.9. The molecular formula is C30H26BrN3O2. The molecule has 36 heavy (non-hydrogen) atoms. The lowest BCUT2D eigenvalue weighted by Gasteiger charge is -2.14. The van der Waals surface area contributed by atoms with E-state index in [1.807, 2.05) is 62.4 Å². The van der Waals surface area contributed by atoms with Crippen molar-refractivity contribution < 1.29 is 4.74 Å². The van der Waals surface area contributed by atoms with Gasteiger partial charge < -0.3 is 4.74 Å². The predicted octanol–water partition coefficient (Wildman–Crippen LogP) is 7.21. The van der Waals surface area contributed by atoms with Gasteiger partial charge >= 0.3 is 0 Å². The van der Waals surface area contributed by atoms with Gasteiger partial charge in [-0.25, -0.2) is 4.98 Å². The number of hydrogen-bond acceptors (Lipinski definition) is 4. The first-order chi connectivity index (χ1) is 17.4. The van der Waals surface area contributed by atoms with Crippen LogP contribution in [0.2, 0.25) is 0 Å². The van der Waals surface area contributed by atoms with Crippen LogP contribution < -0.4 is 10.3 Å². The zero-order valence-corrected chi connectivity index (χ0v) is 22.0. The summed E-state index contributed by atoms with van der Waals surface area (Å²) < 4.78 is 8.50. The van der Waals surface area contributed by atoms with Gasteiger partial charge in [-0.05, 0) is 47.5 Å². The summed E-state index contributed by atoms with van der Waals surface area (Å²) in [5.74, 6) is 1.32. The minimum absolute atomic E-state index is 0.00690. The van der Waals surface area contributed by atoms with Crippen LogP contribution in [0.25, 0.3) is 21.7 Å². The Labute approximate surface area is 218 Å². The molecule has 5 nitrogen and oxygen atoms in total. The lowest BCUT2D eigenvalue weighted by atomic mass is 10.0. The van der Waals surface area contributed by atoms with Crippen LogP contribution in [0, 0.1) is 6.92 Å². The molecule has 0 saturated carbocycles. The van der Waals surface area contributed by atoms with Crippen molar-refractivity contribution >= 4 is 43.8 Å². The Morgan fingerprint density at radius 2 is 1.83 bits per heavy atom. The van der Waals surface area contributed by atoms with Crippen LogP contribution in [-0.4, -0.2) is 15.9 Å². The highest BCUT2D eigenvalue weighted by Crippen LogP contribution is 2.28. The van der Waals surface area contributed by atoms with E-state index in [9.17, 15) is 4.79 Å². The largest absolute Gasteiger partial charge is 0.488 e. The van der Waals surface area contributed by atoms with E-state index in [4.69, 9.17) is 9.72 Å². The summed E-state index contributed by atoms with van der Waals surface area (Å²) in [5.41, 5.74) is 3.55. The van der Waals surface area contributed by atoms with Crippen LogP contribution in [0.5, 0.6) is 5.75 Å². The maximum Gasteiger partial charge on any atom is 0.282 e. The second-order valence-electron chi connectivity index (χ2n) is 9.12. The summed E-state index contributed by atoms with van der Waals surface area (Å²) >= 11 is 3.46. The fourth-order valence-electron chi connectivity index (χ4n) is 4.26. The van der Waals surface area contributed by atoms with E-state index in [1.54, 1.807) is 12.3 Å². The Morgan fingerprint density at radius 1 is 1.00 bits per heavy atom. The lowest BCUT2D eigenvalue weighted by molar-refractivity contribution is 0.306. The standard InChI is InChI=1S/C30H26BrN3O2/c1-19(2)29-33-27-13-12-23(31)16-25(27)30(35)34(29)32-17-26-24-10-5-4-9-22(24)11-14-28(26)36-18-21-8-6-7-20(3)15-21/h4-17,19H,18H2,1-3H3. The first kappa shape index (κ1) is 23.9. The quantitative estimate of drug-likeness (QED) is 0.214. The Hall–Kier alpha value is -3.77. The average molecular weight is 540 g/mol. The summed E-state index contributed by atoms with van der Waals surface area (Å²) in [6, 6.07) is 25.9. The molecule has 0 aliphatic carbocycles. The molecule has 0 aliphatic rings. The van der Waals surface area contributed by atoms with Crippen molar-refractivity contribution in [1.82, 2.24) is 9.66 Å². The molecule has 0 saturated heterocycles. The Bertz CT molecular complexity index is 1670. The van der Waals surface area contributed by atoms with E-state index < -0.39 is 0 Å². The third-order valence-electron chi connectivity index (χ3n) is 6.06. The van der Waals surface area contributed by atoms with Crippen molar-refractivity contribution in [1.29, 1.82) is 0 Å². The van der Waals surface area contributed by atoms with Gasteiger partial charge in [0.15, 0.2) is 0 Å². The van der Waals surface area contributed by atoms with Gasteiger partial charge in [0.05, 0.1) is 17.1 Å². The van der Waals surface area contributed by atoms with Gasteiger partial charge in [0.1, 0.15) is 18.2 Å². The van der Waals surface area contributed by atoms with Gasteiger partial charge in [0.25, 0.3) is 5.56 Å². The minimum Gasteiger partial charge on any atom is -0.488 e. The van der Waals surface area contributed by atoms with Crippen molar-refractivity contribution in [2.24, 2.45) is 5.10 Å². The van der Waals surface area contributed by atoms with Crippen molar-refractivity contribution in [3.05, 3.63) is 116 Å². The van der Waals surface area contributed by atoms with Crippen LogP contribution in [-0.2, 0) is 6.61 Å². The number of aromatic nitrogens is 2. The molecule has 5 aromatic rings. The molecule has 1 heterocycles. The van der Waals surface area contributed by atoms with Gasteiger partial charge in [0, 0.05) is 16.0 Å². The van der Waals surface area contributed by atoms with E-state index in [0.29, 0.717) is 29.1 Å². The van der Waals surface area contributed by atoms with Crippen LogP contribution in [0.3, 0.4) is 0 Å². The highest BCUT2D eigenvalue weighted by Gasteiger charge is 2.15. The zero-order valence-electron chi connectivity index (χ0n) is 20.4. The fourth-order valence-corrected chi connectivity index (χ4v) is 4.63. The Kier molecular flexibility index (Phi) is 6.70. The first-order valence-electron chi connectivity index (χ1n) is 11.9. The Balaban J connectivity index is 1.63. The van der Waals surface area contributed by atoms with Crippen LogP contribution in [0.4, 0.5) is 0 Å². The summed E-state index contributed by atoms with van der Waals surface area (Å²) in [5, 5.41) is 7.26. The summed E-state index contributed by atoms with van der Waals surface area (Å²) in [6.45, 7) is 6.51. The molecule has 0 bridgehead atoms. The number of hydrogen-bond donors (Lipinski definition) is 0. The molecule has 0 radical (unpaired) electrons. The number of aryl methyl sites for hydroxylation is 1. The number of nitrogens with zero attached hydrogens (tertiary/aromatic N) is 3. The second kappa shape index (κ2) is 10.1. The van der Waals surface area contributed by atoms with E-state index >= 15 is 0 Å². The minimum atomic E-state index is -0.205. The van der Waals surface area contributed by atoms with Gasteiger partial charge in [-0.1, -0.05) is 89.9 Å². The number of ether oxygens (including phenoxy) is 1. The first-order valence-corrected chi connectivity index (χ1v) is 12.7. The van der Waals surface area contributed by atoms with E-state index in [1.165, 1.54) is 10.2 Å². The lowest BCUT2D eigenvalue weighted by Crippen LogP contribution is -2.23. The maximum absolute atomic E-state index is 13.5. The summed E-state index contributed by atoms with van der Waals surface area (Å²) in [6.07, 6.45) is 1.71. The number of benzene rings is 4. The molecule has 0 aliphatic heterocycles. The average Bonchev–Trinajstić information content (AvgIpc) is 2.87. The summed E-state index contributed by atoms with van der Waals surface area (Å²) in [7, 11) is 0. The molecule has 4 aromatic carbocycles. The molecule has 6 heteroatoms. The highest BCUT2D eigenvalue weighted by molar-refractivity contribution is 9.10. The van der Waals surface area contributed by atoms with E-state index in [-0.39, 0.29) is 11.5 Å². The SMILES string of the molecule is Cc1cccc(COc2ccc3ccccc3c2C=Nn2c(C(C)C)nc3ccc(Br)cc3c2=O)c1. The predicted molar refractivity (Wildman–Crippen MR) is 150 cm³/mol. The molecule has 0 unspecified atom stereocenters. The van der Waals surface area contributed by atoms with Crippen molar-refractivity contribution in [2.75, 3.05) is 0 Å². The summed E-state index contributed by atoms with van der Waals surface area (Å²) in [4.78, 5) is 18.2. The Morgan fingerprint density at radius 3 is 2.64 bits per heavy atom. The molecule has 0 amide bonds. The van der Waals surface area contributed by atoms with Crippen LogP contribution >= 0.6 is 15.9 Å². The number of fused-ring (bicyclic) bond motifs is 2. The second-order valence-corrected chi connectivity index (χ2v) is 10.0.